The fourth-order valence-corrected chi connectivity index (χ4v) is 1.15. The molecule has 0 atom stereocenters. The van der Waals surface area contributed by atoms with E-state index in [1.807, 2.05) is 0 Å². The Labute approximate surface area is 110 Å². The maximum atomic E-state index is 11.3. The summed E-state index contributed by atoms with van der Waals surface area (Å²) in [5, 5.41) is 5.57. The predicted molar refractivity (Wildman–Crippen MR) is 70.2 cm³/mol. The molecule has 0 aromatic heterocycles. The standard InChI is InChI=1S/C11H13ClN4O2/c1-8(18)11(15-16(2)7-17)14-13-10-5-3-9(12)4-6-10/h3-7,13H,1-2H3,(H,14,15). The van der Waals surface area contributed by atoms with Gasteiger partial charge in [-0.1, -0.05) is 11.6 Å². The first kappa shape index (κ1) is 14.0. The number of rotatable bonds is 5. The Hall–Kier alpha value is -2.08. The molecule has 0 spiro atoms. The minimum Gasteiger partial charge on any atom is -0.291 e. The molecule has 1 aromatic carbocycles. The van der Waals surface area contributed by atoms with Crippen molar-refractivity contribution in [3.63, 3.8) is 0 Å². The van der Waals surface area contributed by atoms with Gasteiger partial charge in [0, 0.05) is 19.0 Å². The molecular weight excluding hydrogens is 256 g/mol. The maximum Gasteiger partial charge on any atom is 0.227 e. The number of benzene rings is 1. The minimum atomic E-state index is -0.301. The highest BCUT2D eigenvalue weighted by molar-refractivity contribution is 6.38. The number of anilines is 1. The van der Waals surface area contributed by atoms with E-state index in [4.69, 9.17) is 11.6 Å². The van der Waals surface area contributed by atoms with Crippen LogP contribution in [-0.4, -0.2) is 30.1 Å². The van der Waals surface area contributed by atoms with E-state index >= 15 is 0 Å². The van der Waals surface area contributed by atoms with Gasteiger partial charge in [0.05, 0.1) is 5.69 Å². The molecule has 6 nitrogen and oxygen atoms in total. The van der Waals surface area contributed by atoms with Gasteiger partial charge in [-0.05, 0) is 24.3 Å². The number of hydrazone groups is 1. The van der Waals surface area contributed by atoms with Gasteiger partial charge in [-0.2, -0.15) is 5.10 Å². The lowest BCUT2D eigenvalue weighted by molar-refractivity contribution is -0.118. The number of amides is 1. The van der Waals surface area contributed by atoms with Gasteiger partial charge in [0.1, 0.15) is 0 Å². The van der Waals surface area contributed by atoms with Crippen LogP contribution in [0.1, 0.15) is 6.92 Å². The molecule has 0 radical (unpaired) electrons. The van der Waals surface area contributed by atoms with E-state index < -0.39 is 0 Å². The molecular formula is C11H13ClN4O2. The summed E-state index contributed by atoms with van der Waals surface area (Å²) in [6.45, 7) is 1.34. The van der Waals surface area contributed by atoms with Gasteiger partial charge in [-0.3, -0.25) is 25.4 Å². The third kappa shape index (κ3) is 4.42. The smallest absolute Gasteiger partial charge is 0.227 e. The molecule has 96 valence electrons. The van der Waals surface area contributed by atoms with Crippen molar-refractivity contribution in [3.8, 4) is 0 Å². The van der Waals surface area contributed by atoms with Gasteiger partial charge in [0.2, 0.25) is 12.2 Å². The van der Waals surface area contributed by atoms with Crippen molar-refractivity contribution in [1.29, 1.82) is 0 Å². The van der Waals surface area contributed by atoms with Crippen LogP contribution in [0.5, 0.6) is 0 Å². The molecule has 1 amide bonds. The van der Waals surface area contributed by atoms with E-state index in [-0.39, 0.29) is 11.6 Å². The number of halogens is 1. The number of carbonyl (C=O) groups excluding carboxylic acids is 2. The first-order valence-electron chi connectivity index (χ1n) is 5.08. The molecule has 0 fully saturated rings. The minimum absolute atomic E-state index is 0.0274. The zero-order valence-electron chi connectivity index (χ0n) is 9.98. The Morgan fingerprint density at radius 2 is 2.00 bits per heavy atom. The van der Waals surface area contributed by atoms with Crippen LogP contribution in [-0.2, 0) is 9.59 Å². The summed E-state index contributed by atoms with van der Waals surface area (Å²) in [6, 6.07) is 6.82. The lowest BCUT2D eigenvalue weighted by atomic mass is 10.3. The highest BCUT2D eigenvalue weighted by Gasteiger charge is 2.07. The van der Waals surface area contributed by atoms with Crippen LogP contribution in [0.25, 0.3) is 0 Å². The predicted octanol–water partition coefficient (Wildman–Crippen LogP) is 1.25. The third-order valence-electron chi connectivity index (χ3n) is 1.91. The Bertz CT molecular complexity index is 459. The molecule has 0 aliphatic rings. The molecule has 0 saturated heterocycles. The molecule has 1 aromatic rings. The number of hydrogen-bond acceptors (Lipinski definition) is 4. The molecule has 0 saturated carbocycles. The second kappa shape index (κ2) is 6.61. The number of Topliss-reactive ketones (excluding diaryl/α,β-unsaturated/α-hetero) is 1. The van der Waals surface area contributed by atoms with Crippen LogP contribution in [0.3, 0.4) is 0 Å². The van der Waals surface area contributed by atoms with E-state index in [2.05, 4.69) is 16.0 Å². The second-order valence-electron chi connectivity index (χ2n) is 3.46. The van der Waals surface area contributed by atoms with E-state index in [0.717, 1.165) is 5.01 Å². The monoisotopic (exact) mass is 268 g/mol. The molecule has 1 rings (SSSR count). The van der Waals surface area contributed by atoms with Gasteiger partial charge in [0.15, 0.2) is 5.78 Å². The lowest BCUT2D eigenvalue weighted by Crippen LogP contribution is -2.42. The average Bonchev–Trinajstić information content (AvgIpc) is 2.35. The molecule has 0 bridgehead atoms. The van der Waals surface area contributed by atoms with Gasteiger partial charge >= 0.3 is 0 Å². The summed E-state index contributed by atoms with van der Waals surface area (Å²) in [5.74, 6) is -0.273. The fraction of sp³-hybridized carbons (Fsp3) is 0.182. The summed E-state index contributed by atoms with van der Waals surface area (Å²) >= 11 is 5.74. The summed E-state index contributed by atoms with van der Waals surface area (Å²) in [5.41, 5.74) is 5.89. The van der Waals surface area contributed by atoms with E-state index in [9.17, 15) is 9.59 Å². The number of hydrogen-bond donors (Lipinski definition) is 2. The van der Waals surface area contributed by atoms with Crippen LogP contribution in [0.4, 0.5) is 5.69 Å². The normalized spacial score (nSPS) is 10.7. The summed E-state index contributed by atoms with van der Waals surface area (Å²) < 4.78 is 0. The van der Waals surface area contributed by atoms with Gasteiger partial charge in [-0.25, -0.2) is 0 Å². The lowest BCUT2D eigenvalue weighted by Gasteiger charge is -2.14. The molecule has 0 aliphatic heterocycles. The highest BCUT2D eigenvalue weighted by atomic mass is 35.5. The number of ketones is 1. The van der Waals surface area contributed by atoms with Crippen LogP contribution in [0.15, 0.2) is 29.4 Å². The number of nitrogens with zero attached hydrogens (tertiary/aromatic N) is 2. The maximum absolute atomic E-state index is 11.3. The molecule has 18 heavy (non-hydrogen) atoms. The summed E-state index contributed by atoms with van der Waals surface area (Å²) in [4.78, 5) is 21.7. The largest absolute Gasteiger partial charge is 0.291 e. The SMILES string of the molecule is CC(=O)/C(=N/Nc1ccc(Cl)cc1)NN(C)C=O. The zero-order valence-corrected chi connectivity index (χ0v) is 10.7. The van der Waals surface area contributed by atoms with Crippen molar-refractivity contribution in [3.05, 3.63) is 29.3 Å². The van der Waals surface area contributed by atoms with E-state index in [1.165, 1.54) is 14.0 Å². The van der Waals surface area contributed by atoms with Gasteiger partial charge in [0.25, 0.3) is 0 Å². The Morgan fingerprint density at radius 3 is 2.50 bits per heavy atom. The van der Waals surface area contributed by atoms with E-state index in [0.29, 0.717) is 17.1 Å². The van der Waals surface area contributed by atoms with E-state index in [1.54, 1.807) is 24.3 Å². The quantitative estimate of drug-likeness (QED) is 0.365. The average molecular weight is 269 g/mol. The number of amidine groups is 1. The van der Waals surface area contributed by atoms with Crippen LogP contribution < -0.4 is 10.9 Å². The summed E-state index contributed by atoms with van der Waals surface area (Å²) in [7, 11) is 1.47. The van der Waals surface area contributed by atoms with Crippen molar-refractivity contribution in [2.75, 3.05) is 12.5 Å². The third-order valence-corrected chi connectivity index (χ3v) is 2.17. The van der Waals surface area contributed by atoms with Crippen molar-refractivity contribution in [1.82, 2.24) is 10.4 Å². The van der Waals surface area contributed by atoms with Crippen LogP contribution in [0, 0.1) is 0 Å². The van der Waals surface area contributed by atoms with Crippen molar-refractivity contribution >= 4 is 35.3 Å². The van der Waals surface area contributed by atoms with Gasteiger partial charge < -0.3 is 0 Å². The van der Waals surface area contributed by atoms with Crippen LogP contribution >= 0.6 is 11.6 Å². The first-order chi connectivity index (χ1) is 8.52. The van der Waals surface area contributed by atoms with Crippen molar-refractivity contribution in [2.45, 2.75) is 6.92 Å². The number of hydrazine groups is 1. The highest BCUT2D eigenvalue weighted by Crippen LogP contribution is 2.13. The molecule has 0 aliphatic carbocycles. The topological polar surface area (TPSA) is 73.8 Å². The molecule has 0 heterocycles. The van der Waals surface area contributed by atoms with Gasteiger partial charge in [-0.15, -0.1) is 0 Å². The molecule has 0 unspecified atom stereocenters. The Kier molecular flexibility index (Phi) is 5.13. The summed E-state index contributed by atoms with van der Waals surface area (Å²) in [6.07, 6.45) is 0.529. The number of carbonyl (C=O) groups is 2. The van der Waals surface area contributed by atoms with Crippen LogP contribution in [0.2, 0.25) is 5.02 Å². The first-order valence-corrected chi connectivity index (χ1v) is 5.45. The van der Waals surface area contributed by atoms with Crippen molar-refractivity contribution in [2.24, 2.45) is 5.10 Å². The molecule has 2 N–H and O–H groups in total. The molecule has 7 heteroatoms. The van der Waals surface area contributed by atoms with Crippen molar-refractivity contribution < 1.29 is 9.59 Å². The number of nitrogens with one attached hydrogen (secondary N) is 2. The fourth-order valence-electron chi connectivity index (χ4n) is 1.02. The Morgan fingerprint density at radius 1 is 1.39 bits per heavy atom. The zero-order chi connectivity index (χ0) is 13.5. The second-order valence-corrected chi connectivity index (χ2v) is 3.90. The Balaban J connectivity index is 2.74.